The Hall–Kier alpha value is -1.38. The van der Waals surface area contributed by atoms with Crippen LogP contribution in [0.15, 0.2) is 18.2 Å². The normalized spacial score (nSPS) is 25.6. The van der Waals surface area contributed by atoms with Gasteiger partial charge in [-0.1, -0.05) is 13.8 Å². The lowest BCUT2D eigenvalue weighted by Crippen LogP contribution is -2.27. The van der Waals surface area contributed by atoms with E-state index in [1.807, 2.05) is 6.07 Å². The number of benzene rings is 1. The highest BCUT2D eigenvalue weighted by Gasteiger charge is 2.23. The first-order valence-electron chi connectivity index (χ1n) is 7.38. The van der Waals surface area contributed by atoms with Crippen LogP contribution in [0.1, 0.15) is 39.5 Å². The molecule has 2 aliphatic rings. The SMILES string of the molecule is CC(C)C1CCC(Nc2ccc3c(c2)OCO3)CC1. The molecule has 1 aromatic rings. The average Bonchev–Trinajstić information content (AvgIpc) is 2.87. The van der Waals surface area contributed by atoms with Gasteiger partial charge in [-0.05, 0) is 49.7 Å². The molecule has 0 saturated heterocycles. The highest BCUT2D eigenvalue weighted by atomic mass is 16.7. The van der Waals surface area contributed by atoms with Gasteiger partial charge in [-0.2, -0.15) is 0 Å². The number of anilines is 1. The van der Waals surface area contributed by atoms with Crippen LogP contribution >= 0.6 is 0 Å². The Bertz CT molecular complexity index is 436. The Labute approximate surface area is 115 Å². The smallest absolute Gasteiger partial charge is 0.231 e. The number of fused-ring (bicyclic) bond motifs is 1. The van der Waals surface area contributed by atoms with Gasteiger partial charge in [-0.25, -0.2) is 0 Å². The maximum absolute atomic E-state index is 5.41. The summed E-state index contributed by atoms with van der Waals surface area (Å²) in [7, 11) is 0. The van der Waals surface area contributed by atoms with Crippen LogP contribution in [0.2, 0.25) is 0 Å². The van der Waals surface area contributed by atoms with Gasteiger partial charge in [-0.3, -0.25) is 0 Å². The summed E-state index contributed by atoms with van der Waals surface area (Å²) >= 11 is 0. The van der Waals surface area contributed by atoms with Crippen LogP contribution in [0.25, 0.3) is 0 Å². The van der Waals surface area contributed by atoms with Gasteiger partial charge in [0.2, 0.25) is 6.79 Å². The second-order valence-corrected chi connectivity index (χ2v) is 6.07. The zero-order valence-corrected chi connectivity index (χ0v) is 11.8. The lowest BCUT2D eigenvalue weighted by Gasteiger charge is -2.31. The fraction of sp³-hybridized carbons (Fsp3) is 0.625. The van der Waals surface area contributed by atoms with Crippen LogP contribution in [0.5, 0.6) is 11.5 Å². The van der Waals surface area contributed by atoms with Crippen LogP contribution in [-0.2, 0) is 0 Å². The van der Waals surface area contributed by atoms with Crippen molar-refractivity contribution in [2.24, 2.45) is 11.8 Å². The van der Waals surface area contributed by atoms with Gasteiger partial charge in [0.15, 0.2) is 11.5 Å². The fourth-order valence-electron chi connectivity index (χ4n) is 3.15. The Morgan fingerprint density at radius 1 is 1.05 bits per heavy atom. The Morgan fingerprint density at radius 2 is 1.79 bits per heavy atom. The van der Waals surface area contributed by atoms with Crippen molar-refractivity contribution in [1.29, 1.82) is 0 Å². The lowest BCUT2D eigenvalue weighted by atomic mass is 9.79. The van der Waals surface area contributed by atoms with Crippen molar-refractivity contribution < 1.29 is 9.47 Å². The van der Waals surface area contributed by atoms with Crippen LogP contribution in [-0.4, -0.2) is 12.8 Å². The Kier molecular flexibility index (Phi) is 3.54. The number of hydrogen-bond donors (Lipinski definition) is 1. The molecule has 19 heavy (non-hydrogen) atoms. The summed E-state index contributed by atoms with van der Waals surface area (Å²) in [5, 5.41) is 3.63. The molecule has 0 aromatic heterocycles. The van der Waals surface area contributed by atoms with E-state index in [0.717, 1.165) is 29.0 Å². The first kappa shape index (κ1) is 12.6. The van der Waals surface area contributed by atoms with E-state index in [4.69, 9.17) is 9.47 Å². The highest BCUT2D eigenvalue weighted by Crippen LogP contribution is 2.36. The first-order valence-corrected chi connectivity index (χ1v) is 7.38. The minimum atomic E-state index is 0.346. The summed E-state index contributed by atoms with van der Waals surface area (Å²) in [4.78, 5) is 0. The van der Waals surface area contributed by atoms with E-state index in [1.54, 1.807) is 0 Å². The van der Waals surface area contributed by atoms with Crippen molar-refractivity contribution in [2.45, 2.75) is 45.6 Å². The molecule has 3 rings (SSSR count). The van der Waals surface area contributed by atoms with Gasteiger partial charge in [0.05, 0.1) is 0 Å². The first-order chi connectivity index (χ1) is 9.22. The maximum Gasteiger partial charge on any atom is 0.231 e. The summed E-state index contributed by atoms with van der Waals surface area (Å²) in [5.74, 6) is 3.45. The van der Waals surface area contributed by atoms with E-state index in [1.165, 1.54) is 25.7 Å². The molecular formula is C16H23NO2. The topological polar surface area (TPSA) is 30.5 Å². The van der Waals surface area contributed by atoms with E-state index in [2.05, 4.69) is 31.3 Å². The van der Waals surface area contributed by atoms with Crippen molar-refractivity contribution in [3.05, 3.63) is 18.2 Å². The predicted molar refractivity (Wildman–Crippen MR) is 76.8 cm³/mol. The summed E-state index contributed by atoms with van der Waals surface area (Å²) in [6.45, 7) is 5.03. The largest absolute Gasteiger partial charge is 0.454 e. The molecule has 104 valence electrons. The second kappa shape index (κ2) is 5.32. The summed E-state index contributed by atoms with van der Waals surface area (Å²) in [6, 6.07) is 6.74. The van der Waals surface area contributed by atoms with E-state index >= 15 is 0 Å². The van der Waals surface area contributed by atoms with Gasteiger partial charge in [0.25, 0.3) is 0 Å². The standard InChI is InChI=1S/C16H23NO2/c1-11(2)12-3-5-13(6-4-12)17-14-7-8-15-16(9-14)19-10-18-15/h7-9,11-13,17H,3-6,10H2,1-2H3. The Morgan fingerprint density at radius 3 is 2.53 bits per heavy atom. The summed E-state index contributed by atoms with van der Waals surface area (Å²) in [6.07, 6.45) is 5.24. The van der Waals surface area contributed by atoms with Gasteiger partial charge in [-0.15, -0.1) is 0 Å². The average molecular weight is 261 g/mol. The maximum atomic E-state index is 5.41. The summed E-state index contributed by atoms with van der Waals surface area (Å²) in [5.41, 5.74) is 1.15. The fourth-order valence-corrected chi connectivity index (χ4v) is 3.15. The van der Waals surface area contributed by atoms with Crippen LogP contribution in [0, 0.1) is 11.8 Å². The molecule has 0 amide bonds. The highest BCUT2D eigenvalue weighted by molar-refractivity contribution is 5.56. The van der Waals surface area contributed by atoms with Crippen molar-refractivity contribution in [2.75, 3.05) is 12.1 Å². The van der Waals surface area contributed by atoms with Gasteiger partial charge < -0.3 is 14.8 Å². The molecule has 0 unspecified atom stereocenters. The van der Waals surface area contributed by atoms with Crippen LogP contribution in [0.4, 0.5) is 5.69 Å². The molecule has 1 N–H and O–H groups in total. The summed E-state index contributed by atoms with van der Waals surface area (Å²) < 4.78 is 10.7. The van der Waals surface area contributed by atoms with E-state index in [0.29, 0.717) is 12.8 Å². The molecule has 1 aliphatic heterocycles. The van der Waals surface area contributed by atoms with Gasteiger partial charge >= 0.3 is 0 Å². The van der Waals surface area contributed by atoms with Crippen molar-refractivity contribution in [1.82, 2.24) is 0 Å². The third-order valence-corrected chi connectivity index (χ3v) is 4.46. The number of ether oxygens (including phenoxy) is 2. The van der Waals surface area contributed by atoms with Crippen molar-refractivity contribution in [3.63, 3.8) is 0 Å². The number of hydrogen-bond acceptors (Lipinski definition) is 3. The zero-order chi connectivity index (χ0) is 13.2. The molecule has 3 nitrogen and oxygen atoms in total. The number of nitrogens with one attached hydrogen (secondary N) is 1. The van der Waals surface area contributed by atoms with Crippen molar-refractivity contribution in [3.8, 4) is 11.5 Å². The van der Waals surface area contributed by atoms with E-state index in [-0.39, 0.29) is 0 Å². The number of rotatable bonds is 3. The molecule has 1 fully saturated rings. The quantitative estimate of drug-likeness (QED) is 0.890. The third kappa shape index (κ3) is 2.80. The molecule has 3 heteroatoms. The molecule has 1 heterocycles. The van der Waals surface area contributed by atoms with E-state index in [9.17, 15) is 0 Å². The van der Waals surface area contributed by atoms with Gasteiger partial charge in [0.1, 0.15) is 0 Å². The Balaban J connectivity index is 1.58. The minimum absolute atomic E-state index is 0.346. The third-order valence-electron chi connectivity index (χ3n) is 4.46. The molecule has 0 atom stereocenters. The van der Waals surface area contributed by atoms with E-state index < -0.39 is 0 Å². The van der Waals surface area contributed by atoms with Crippen molar-refractivity contribution >= 4 is 5.69 Å². The lowest BCUT2D eigenvalue weighted by molar-refractivity contribution is 0.174. The van der Waals surface area contributed by atoms with Gasteiger partial charge in [0, 0.05) is 17.8 Å². The second-order valence-electron chi connectivity index (χ2n) is 6.07. The molecule has 1 aromatic carbocycles. The molecule has 1 aliphatic carbocycles. The van der Waals surface area contributed by atoms with Crippen LogP contribution in [0.3, 0.4) is 0 Å². The zero-order valence-electron chi connectivity index (χ0n) is 11.8. The minimum Gasteiger partial charge on any atom is -0.454 e. The predicted octanol–water partition coefficient (Wildman–Crippen LogP) is 4.04. The molecule has 0 spiro atoms. The molecule has 1 saturated carbocycles. The molecule has 0 bridgehead atoms. The monoisotopic (exact) mass is 261 g/mol. The molecule has 0 radical (unpaired) electrons. The van der Waals surface area contributed by atoms with Crippen LogP contribution < -0.4 is 14.8 Å². The molecular weight excluding hydrogens is 238 g/mol.